The molecule has 0 spiro atoms. The summed E-state index contributed by atoms with van der Waals surface area (Å²) in [5, 5.41) is 2.83. The first-order valence-electron chi connectivity index (χ1n) is 9.63. The van der Waals surface area contributed by atoms with Gasteiger partial charge in [0.15, 0.2) is 11.5 Å². The van der Waals surface area contributed by atoms with E-state index >= 15 is 0 Å². The Hall–Kier alpha value is -2.74. The Kier molecular flexibility index (Phi) is 7.72. The normalized spacial score (nSPS) is 12.2. The van der Waals surface area contributed by atoms with Crippen molar-refractivity contribution in [1.29, 1.82) is 0 Å². The van der Waals surface area contributed by atoms with Crippen molar-refractivity contribution in [1.82, 2.24) is 5.32 Å². The summed E-state index contributed by atoms with van der Waals surface area (Å²) < 4.78 is 36.6. The first-order chi connectivity index (χ1) is 14.1. The van der Waals surface area contributed by atoms with Crippen LogP contribution in [0.1, 0.15) is 23.6 Å². The fourth-order valence-corrected chi connectivity index (χ4v) is 4.56. The molecule has 1 N–H and O–H groups in total. The van der Waals surface area contributed by atoms with Crippen LogP contribution in [0.25, 0.3) is 0 Å². The summed E-state index contributed by atoms with van der Waals surface area (Å²) >= 11 is 0. The standard InChI is InChI=1S/C22H30N2O5S/c1-15-11-16(2)13-19(12-15)24(30(6,26)27)17(3)22(25)23-10-9-18-7-8-20(28-4)21(14-18)29-5/h7-8,11-14,17H,9-10H2,1-6H3,(H,23,25)/t17-/m0/s1. The maximum atomic E-state index is 12.7. The molecule has 0 heterocycles. The van der Waals surface area contributed by atoms with Crippen LogP contribution < -0.4 is 19.1 Å². The van der Waals surface area contributed by atoms with E-state index in [2.05, 4.69) is 5.32 Å². The molecule has 1 amide bonds. The number of anilines is 1. The molecule has 8 heteroatoms. The zero-order valence-electron chi connectivity index (χ0n) is 18.4. The van der Waals surface area contributed by atoms with Crippen molar-refractivity contribution in [3.8, 4) is 11.5 Å². The molecule has 164 valence electrons. The average molecular weight is 435 g/mol. The van der Waals surface area contributed by atoms with Crippen LogP contribution in [0.3, 0.4) is 0 Å². The van der Waals surface area contributed by atoms with Gasteiger partial charge >= 0.3 is 0 Å². The summed E-state index contributed by atoms with van der Waals surface area (Å²) in [6, 6.07) is 10.2. The Morgan fingerprint density at radius 1 is 1.03 bits per heavy atom. The molecule has 1 atom stereocenters. The lowest BCUT2D eigenvalue weighted by molar-refractivity contribution is -0.121. The van der Waals surface area contributed by atoms with Gasteiger partial charge in [-0.1, -0.05) is 12.1 Å². The van der Waals surface area contributed by atoms with Crippen LogP contribution in [0.4, 0.5) is 5.69 Å². The number of aryl methyl sites for hydroxylation is 2. The minimum Gasteiger partial charge on any atom is -0.493 e. The van der Waals surface area contributed by atoms with Gasteiger partial charge in [0.25, 0.3) is 0 Å². The molecule has 0 radical (unpaired) electrons. The van der Waals surface area contributed by atoms with Gasteiger partial charge in [0, 0.05) is 6.54 Å². The Bertz CT molecular complexity index is 984. The van der Waals surface area contributed by atoms with Gasteiger partial charge in [0.2, 0.25) is 15.9 Å². The van der Waals surface area contributed by atoms with Gasteiger partial charge in [-0.25, -0.2) is 8.42 Å². The number of sulfonamides is 1. The van der Waals surface area contributed by atoms with Crippen molar-refractivity contribution in [3.05, 3.63) is 53.1 Å². The number of carbonyl (C=O) groups is 1. The highest BCUT2D eigenvalue weighted by Gasteiger charge is 2.29. The first-order valence-corrected chi connectivity index (χ1v) is 11.5. The topological polar surface area (TPSA) is 84.9 Å². The minimum absolute atomic E-state index is 0.361. The van der Waals surface area contributed by atoms with Crippen LogP contribution in [0, 0.1) is 13.8 Å². The molecule has 2 aromatic carbocycles. The molecule has 0 saturated carbocycles. The smallest absolute Gasteiger partial charge is 0.243 e. The van der Waals surface area contributed by atoms with Gasteiger partial charge in [-0.3, -0.25) is 9.10 Å². The third kappa shape index (κ3) is 5.89. The average Bonchev–Trinajstić information content (AvgIpc) is 2.65. The minimum atomic E-state index is -3.65. The number of ether oxygens (including phenoxy) is 2. The van der Waals surface area contributed by atoms with Gasteiger partial charge in [0.1, 0.15) is 6.04 Å². The van der Waals surface area contributed by atoms with Crippen molar-refractivity contribution in [2.24, 2.45) is 0 Å². The van der Waals surface area contributed by atoms with Gasteiger partial charge in [-0.2, -0.15) is 0 Å². The number of carbonyl (C=O) groups excluding carboxylic acids is 1. The highest BCUT2D eigenvalue weighted by atomic mass is 32.2. The number of hydrogen-bond donors (Lipinski definition) is 1. The number of nitrogens with zero attached hydrogens (tertiary/aromatic N) is 1. The number of methoxy groups -OCH3 is 2. The molecule has 0 saturated heterocycles. The molecule has 0 bridgehead atoms. The zero-order valence-corrected chi connectivity index (χ0v) is 19.2. The molecule has 0 aromatic heterocycles. The summed E-state index contributed by atoms with van der Waals surface area (Å²) in [6.45, 7) is 5.74. The SMILES string of the molecule is COc1ccc(CCNC(=O)[C@H](C)N(c2cc(C)cc(C)c2)S(C)(=O)=O)cc1OC. The molecule has 2 rings (SSSR count). The second kappa shape index (κ2) is 9.84. The van der Waals surface area contributed by atoms with Gasteiger partial charge in [-0.05, 0) is 68.1 Å². The van der Waals surface area contributed by atoms with Gasteiger partial charge < -0.3 is 14.8 Å². The molecule has 7 nitrogen and oxygen atoms in total. The fourth-order valence-electron chi connectivity index (χ4n) is 3.40. The van der Waals surface area contributed by atoms with Crippen LogP contribution in [-0.4, -0.2) is 47.4 Å². The maximum Gasteiger partial charge on any atom is 0.243 e. The van der Waals surface area contributed by atoms with Crippen molar-refractivity contribution >= 4 is 21.6 Å². The summed E-state index contributed by atoms with van der Waals surface area (Å²) in [4.78, 5) is 12.7. The molecule has 0 aliphatic carbocycles. The van der Waals surface area contributed by atoms with Crippen LogP contribution in [-0.2, 0) is 21.2 Å². The van der Waals surface area contributed by atoms with E-state index in [-0.39, 0.29) is 5.91 Å². The summed E-state index contributed by atoms with van der Waals surface area (Å²) in [5.41, 5.74) is 3.31. The maximum absolute atomic E-state index is 12.7. The Morgan fingerprint density at radius 2 is 1.63 bits per heavy atom. The summed E-state index contributed by atoms with van der Waals surface area (Å²) in [6.07, 6.45) is 1.68. The van der Waals surface area contributed by atoms with E-state index in [1.807, 2.05) is 38.1 Å². The molecule has 0 fully saturated rings. The molecule has 0 unspecified atom stereocenters. The highest BCUT2D eigenvalue weighted by molar-refractivity contribution is 7.92. The lowest BCUT2D eigenvalue weighted by atomic mass is 10.1. The van der Waals surface area contributed by atoms with Gasteiger partial charge in [0.05, 0.1) is 26.2 Å². The van der Waals surface area contributed by atoms with Crippen molar-refractivity contribution < 1.29 is 22.7 Å². The van der Waals surface area contributed by atoms with E-state index in [1.54, 1.807) is 33.3 Å². The van der Waals surface area contributed by atoms with E-state index in [4.69, 9.17) is 9.47 Å². The highest BCUT2D eigenvalue weighted by Crippen LogP contribution is 2.27. The third-order valence-corrected chi connectivity index (χ3v) is 5.95. The number of amides is 1. The van der Waals surface area contributed by atoms with E-state index in [0.717, 1.165) is 22.9 Å². The van der Waals surface area contributed by atoms with E-state index in [0.29, 0.717) is 30.2 Å². The largest absolute Gasteiger partial charge is 0.493 e. The van der Waals surface area contributed by atoms with Crippen LogP contribution in [0.2, 0.25) is 0 Å². The quantitative estimate of drug-likeness (QED) is 0.656. The Balaban J connectivity index is 2.11. The molecular weight excluding hydrogens is 404 g/mol. The second-order valence-corrected chi connectivity index (χ2v) is 9.17. The van der Waals surface area contributed by atoms with E-state index < -0.39 is 16.1 Å². The monoisotopic (exact) mass is 434 g/mol. The zero-order chi connectivity index (χ0) is 22.5. The van der Waals surface area contributed by atoms with Crippen molar-refractivity contribution in [2.45, 2.75) is 33.2 Å². The van der Waals surface area contributed by atoms with Crippen LogP contribution in [0.5, 0.6) is 11.5 Å². The van der Waals surface area contributed by atoms with Crippen LogP contribution in [0.15, 0.2) is 36.4 Å². The van der Waals surface area contributed by atoms with Gasteiger partial charge in [-0.15, -0.1) is 0 Å². The lowest BCUT2D eigenvalue weighted by Gasteiger charge is -2.28. The number of hydrogen-bond acceptors (Lipinski definition) is 5. The van der Waals surface area contributed by atoms with Crippen molar-refractivity contribution in [3.63, 3.8) is 0 Å². The van der Waals surface area contributed by atoms with E-state index in [1.165, 1.54) is 4.31 Å². The predicted molar refractivity (Wildman–Crippen MR) is 119 cm³/mol. The fraction of sp³-hybridized carbons (Fsp3) is 0.409. The Morgan fingerprint density at radius 3 is 2.17 bits per heavy atom. The first kappa shape index (κ1) is 23.5. The van der Waals surface area contributed by atoms with E-state index in [9.17, 15) is 13.2 Å². The predicted octanol–water partition coefficient (Wildman–Crippen LogP) is 2.83. The molecule has 2 aromatic rings. The lowest BCUT2D eigenvalue weighted by Crippen LogP contribution is -2.48. The number of nitrogens with one attached hydrogen (secondary N) is 1. The van der Waals surface area contributed by atoms with Crippen molar-refractivity contribution in [2.75, 3.05) is 31.3 Å². The molecule has 0 aliphatic heterocycles. The molecular formula is C22H30N2O5S. The number of rotatable bonds is 9. The summed E-state index contributed by atoms with van der Waals surface area (Å²) in [5.74, 6) is 0.893. The molecule has 0 aliphatic rings. The third-order valence-electron chi connectivity index (χ3n) is 4.71. The summed E-state index contributed by atoms with van der Waals surface area (Å²) in [7, 11) is -0.508. The number of benzene rings is 2. The molecule has 30 heavy (non-hydrogen) atoms. The van der Waals surface area contributed by atoms with Crippen LogP contribution >= 0.6 is 0 Å². The Labute approximate surface area is 179 Å². The second-order valence-electron chi connectivity index (χ2n) is 7.31.